The van der Waals surface area contributed by atoms with Gasteiger partial charge in [0.1, 0.15) is 0 Å². The molecule has 1 fully saturated rings. The van der Waals surface area contributed by atoms with Crippen molar-refractivity contribution in [2.45, 2.75) is 45.1 Å². The van der Waals surface area contributed by atoms with Crippen molar-refractivity contribution in [3.05, 3.63) is 33.3 Å². The maximum atomic E-state index is 10.7. The van der Waals surface area contributed by atoms with E-state index < -0.39 is 0 Å². The topological polar surface area (TPSA) is 29.4 Å². The summed E-state index contributed by atoms with van der Waals surface area (Å²) < 4.78 is 1.06. The Balaban J connectivity index is 2.61. The van der Waals surface area contributed by atoms with Crippen LogP contribution in [0.25, 0.3) is 0 Å². The van der Waals surface area contributed by atoms with E-state index >= 15 is 0 Å². The van der Waals surface area contributed by atoms with E-state index in [2.05, 4.69) is 46.9 Å². The Morgan fingerprint density at radius 3 is 2.53 bits per heavy atom. The van der Waals surface area contributed by atoms with Crippen LogP contribution in [0.4, 0.5) is 0 Å². The molecule has 3 heteroatoms. The molecule has 0 aliphatic heterocycles. The molecule has 0 bridgehead atoms. The number of nitrogens with zero attached hydrogens (tertiary/aromatic N) is 1. The molecule has 0 radical (unpaired) electrons. The Hall–Kier alpha value is -0.920. The third-order valence-corrected chi connectivity index (χ3v) is 4.28. The first kappa shape index (κ1) is 12.5. The largest absolute Gasteiger partial charge is 0.235 e. The Kier molecular flexibility index (Phi) is 3.50. The van der Waals surface area contributed by atoms with E-state index in [9.17, 15) is 4.79 Å². The average molecular weight is 294 g/mol. The number of rotatable bonds is 2. The number of benzene rings is 1. The number of carbonyl (C=O) groups excluding carboxylic acids is 1. The molecule has 0 unspecified atom stereocenters. The molecule has 2 rings (SSSR count). The maximum Gasteiger partial charge on any atom is 0.235 e. The summed E-state index contributed by atoms with van der Waals surface area (Å²) in [5, 5.41) is 0. The van der Waals surface area contributed by atoms with Gasteiger partial charge in [-0.05, 0) is 55.5 Å². The molecule has 0 N–H and O–H groups in total. The molecule has 90 valence electrons. The van der Waals surface area contributed by atoms with Crippen molar-refractivity contribution in [2.75, 3.05) is 0 Å². The van der Waals surface area contributed by atoms with Gasteiger partial charge in [0.05, 0.1) is 5.54 Å². The number of isocyanates is 1. The van der Waals surface area contributed by atoms with Gasteiger partial charge in [0.25, 0.3) is 0 Å². The average Bonchev–Trinajstić information content (AvgIpc) is 2.73. The Bertz CT molecular complexity index is 483. The standard InChI is InChI=1S/C14H16BrNO/c1-10-7-12(15)8-13(11(10)2)14(16-9-17)5-3-4-6-14/h7-8H,3-6H2,1-2H3. The summed E-state index contributed by atoms with van der Waals surface area (Å²) in [4.78, 5) is 14.9. The minimum Gasteiger partial charge on any atom is -0.211 e. The second-order valence-electron chi connectivity index (χ2n) is 4.84. The van der Waals surface area contributed by atoms with E-state index in [-0.39, 0.29) is 5.54 Å². The minimum absolute atomic E-state index is 0.319. The molecule has 0 aromatic heterocycles. The van der Waals surface area contributed by atoms with E-state index in [1.54, 1.807) is 6.08 Å². The van der Waals surface area contributed by atoms with E-state index in [0.717, 1.165) is 30.2 Å². The summed E-state index contributed by atoms with van der Waals surface area (Å²) in [5.41, 5.74) is 3.35. The van der Waals surface area contributed by atoms with Gasteiger partial charge in [0.15, 0.2) is 0 Å². The Morgan fingerprint density at radius 2 is 1.94 bits per heavy atom. The van der Waals surface area contributed by atoms with Crippen LogP contribution in [-0.4, -0.2) is 6.08 Å². The molecule has 1 aliphatic rings. The monoisotopic (exact) mass is 293 g/mol. The molecule has 1 aromatic rings. The third kappa shape index (κ3) is 2.22. The smallest absolute Gasteiger partial charge is 0.211 e. The van der Waals surface area contributed by atoms with E-state index in [1.165, 1.54) is 16.7 Å². The number of hydrogen-bond donors (Lipinski definition) is 0. The minimum atomic E-state index is -0.319. The molecule has 1 aromatic carbocycles. The molecule has 0 atom stereocenters. The zero-order chi connectivity index (χ0) is 12.5. The summed E-state index contributed by atoms with van der Waals surface area (Å²) in [6, 6.07) is 4.21. The third-order valence-electron chi connectivity index (χ3n) is 3.82. The highest BCUT2D eigenvalue weighted by Gasteiger charge is 2.37. The molecule has 0 spiro atoms. The number of hydrogen-bond acceptors (Lipinski definition) is 2. The molecular formula is C14H16BrNO. The lowest BCUT2D eigenvalue weighted by atomic mass is 9.84. The van der Waals surface area contributed by atoms with E-state index in [4.69, 9.17) is 0 Å². The number of aliphatic imine (C=N–C) groups is 1. The molecule has 0 saturated heterocycles. The zero-order valence-electron chi connectivity index (χ0n) is 10.2. The lowest BCUT2D eigenvalue weighted by molar-refractivity contribution is 0.453. The van der Waals surface area contributed by atoms with Gasteiger partial charge in [0, 0.05) is 4.47 Å². The van der Waals surface area contributed by atoms with Crippen molar-refractivity contribution in [1.82, 2.24) is 0 Å². The molecule has 0 amide bonds. The Morgan fingerprint density at radius 1 is 1.29 bits per heavy atom. The predicted octanol–water partition coefficient (Wildman–Crippen LogP) is 4.17. The van der Waals surface area contributed by atoms with Gasteiger partial charge >= 0.3 is 0 Å². The summed E-state index contributed by atoms with van der Waals surface area (Å²) >= 11 is 3.53. The van der Waals surface area contributed by atoms with Gasteiger partial charge in [-0.25, -0.2) is 4.79 Å². The van der Waals surface area contributed by atoms with Crippen LogP contribution in [0, 0.1) is 13.8 Å². The van der Waals surface area contributed by atoms with Gasteiger partial charge in [0.2, 0.25) is 6.08 Å². The molecule has 17 heavy (non-hydrogen) atoms. The van der Waals surface area contributed by atoms with Crippen LogP contribution in [0.5, 0.6) is 0 Å². The van der Waals surface area contributed by atoms with Gasteiger partial charge in [-0.1, -0.05) is 28.8 Å². The quantitative estimate of drug-likeness (QED) is 0.594. The fourth-order valence-electron chi connectivity index (χ4n) is 2.79. The lowest BCUT2D eigenvalue weighted by Crippen LogP contribution is -2.20. The molecular weight excluding hydrogens is 278 g/mol. The van der Waals surface area contributed by atoms with Crippen LogP contribution in [0.2, 0.25) is 0 Å². The fraction of sp³-hybridized carbons (Fsp3) is 0.500. The van der Waals surface area contributed by atoms with Crippen molar-refractivity contribution in [1.29, 1.82) is 0 Å². The lowest BCUT2D eigenvalue weighted by Gasteiger charge is -2.26. The molecule has 0 heterocycles. The van der Waals surface area contributed by atoms with Gasteiger partial charge in [-0.15, -0.1) is 0 Å². The van der Waals surface area contributed by atoms with E-state index in [0.29, 0.717) is 0 Å². The normalized spacial score (nSPS) is 17.8. The highest BCUT2D eigenvalue weighted by Crippen LogP contribution is 2.44. The van der Waals surface area contributed by atoms with Crippen molar-refractivity contribution in [3.63, 3.8) is 0 Å². The number of halogens is 1. The second-order valence-corrected chi connectivity index (χ2v) is 5.75. The van der Waals surface area contributed by atoms with Crippen molar-refractivity contribution in [3.8, 4) is 0 Å². The number of aryl methyl sites for hydroxylation is 1. The van der Waals surface area contributed by atoms with Crippen LogP contribution in [0.3, 0.4) is 0 Å². The zero-order valence-corrected chi connectivity index (χ0v) is 11.8. The first-order valence-electron chi connectivity index (χ1n) is 5.95. The van der Waals surface area contributed by atoms with Crippen LogP contribution in [-0.2, 0) is 10.3 Å². The van der Waals surface area contributed by atoms with E-state index in [1.807, 2.05) is 0 Å². The van der Waals surface area contributed by atoms with Gasteiger partial charge < -0.3 is 0 Å². The SMILES string of the molecule is Cc1cc(Br)cc(C2(N=C=O)CCCC2)c1C. The summed E-state index contributed by atoms with van der Waals surface area (Å²) in [6.45, 7) is 4.20. The van der Waals surface area contributed by atoms with Crippen LogP contribution in [0.15, 0.2) is 21.6 Å². The molecule has 1 aliphatic carbocycles. The summed E-state index contributed by atoms with van der Waals surface area (Å²) in [7, 11) is 0. The summed E-state index contributed by atoms with van der Waals surface area (Å²) in [6.07, 6.45) is 5.96. The van der Waals surface area contributed by atoms with Crippen molar-refractivity contribution in [2.24, 2.45) is 4.99 Å². The second kappa shape index (κ2) is 4.75. The highest BCUT2D eigenvalue weighted by atomic mass is 79.9. The Labute approximate surface area is 110 Å². The van der Waals surface area contributed by atoms with Crippen molar-refractivity contribution < 1.29 is 4.79 Å². The maximum absolute atomic E-state index is 10.7. The van der Waals surface area contributed by atoms with Crippen molar-refractivity contribution >= 4 is 22.0 Å². The van der Waals surface area contributed by atoms with Gasteiger partial charge in [-0.2, -0.15) is 4.99 Å². The summed E-state index contributed by atoms with van der Waals surface area (Å²) in [5.74, 6) is 0. The fourth-order valence-corrected chi connectivity index (χ4v) is 3.36. The van der Waals surface area contributed by atoms with Crippen LogP contribution >= 0.6 is 15.9 Å². The first-order chi connectivity index (χ1) is 8.09. The molecule has 1 saturated carbocycles. The first-order valence-corrected chi connectivity index (χ1v) is 6.75. The van der Waals surface area contributed by atoms with Crippen LogP contribution in [0.1, 0.15) is 42.4 Å². The predicted molar refractivity (Wildman–Crippen MR) is 71.9 cm³/mol. The van der Waals surface area contributed by atoms with Gasteiger partial charge in [-0.3, -0.25) is 0 Å². The van der Waals surface area contributed by atoms with Crippen LogP contribution < -0.4 is 0 Å². The highest BCUT2D eigenvalue weighted by molar-refractivity contribution is 9.10. The molecule has 2 nitrogen and oxygen atoms in total.